The van der Waals surface area contributed by atoms with Gasteiger partial charge in [-0.05, 0) is 26.8 Å². The molecule has 0 aliphatic carbocycles. The summed E-state index contributed by atoms with van der Waals surface area (Å²) in [4.78, 5) is 15.2. The molecule has 1 rings (SSSR count). The van der Waals surface area contributed by atoms with Gasteiger partial charge in [-0.15, -0.1) is 0 Å². The van der Waals surface area contributed by atoms with Crippen molar-refractivity contribution in [2.75, 3.05) is 6.54 Å². The molecule has 0 aliphatic rings. The normalized spacial score (nSPS) is 10.4. The fraction of sp³-hybridized carbons (Fsp3) is 0.385. The van der Waals surface area contributed by atoms with Crippen molar-refractivity contribution in [3.05, 3.63) is 28.0 Å². The number of nitrogens with one attached hydrogen (secondary N) is 1. The zero-order valence-electron chi connectivity index (χ0n) is 10.9. The lowest BCUT2D eigenvalue weighted by Gasteiger charge is -2.19. The van der Waals surface area contributed by atoms with E-state index in [-0.39, 0.29) is 11.7 Å². The molecule has 1 N–H and O–H groups in total. The summed E-state index contributed by atoms with van der Waals surface area (Å²) in [6.07, 6.45) is 0.972. The van der Waals surface area contributed by atoms with E-state index in [0.717, 1.165) is 0 Å². The Morgan fingerprint density at radius 3 is 2.74 bits per heavy atom. The molecule has 0 radical (unpaired) electrons. The summed E-state index contributed by atoms with van der Waals surface area (Å²) in [7, 11) is 0. The molecule has 1 aromatic heterocycles. The molecule has 102 valence electrons. The Bertz CT molecular complexity index is 507. The van der Waals surface area contributed by atoms with Gasteiger partial charge in [-0.3, -0.25) is 0 Å². The number of hydrogen-bond acceptors (Lipinski definition) is 3. The minimum absolute atomic E-state index is 0.135. The molecule has 4 nitrogen and oxygen atoms in total. The Morgan fingerprint density at radius 2 is 2.16 bits per heavy atom. The van der Waals surface area contributed by atoms with Gasteiger partial charge in [0.1, 0.15) is 10.8 Å². The molecule has 0 aromatic carbocycles. The van der Waals surface area contributed by atoms with E-state index in [4.69, 9.17) is 27.9 Å². The first kappa shape index (κ1) is 15.6. The van der Waals surface area contributed by atoms with Gasteiger partial charge in [0.15, 0.2) is 0 Å². The molecule has 1 amide bonds. The van der Waals surface area contributed by atoms with Crippen LogP contribution in [0.15, 0.2) is 12.3 Å². The highest BCUT2D eigenvalue weighted by molar-refractivity contribution is 6.35. The van der Waals surface area contributed by atoms with Crippen molar-refractivity contribution in [2.45, 2.75) is 26.4 Å². The lowest BCUT2D eigenvalue weighted by Crippen LogP contribution is -2.32. The summed E-state index contributed by atoms with van der Waals surface area (Å²) < 4.78 is 5.06. The molecule has 19 heavy (non-hydrogen) atoms. The topological polar surface area (TPSA) is 51.2 Å². The first-order valence-corrected chi connectivity index (χ1v) is 6.31. The quantitative estimate of drug-likeness (QED) is 0.640. The molecule has 0 spiro atoms. The number of nitrogens with zero attached hydrogens (tertiary/aromatic N) is 1. The maximum Gasteiger partial charge on any atom is 0.408 e. The van der Waals surface area contributed by atoms with Crippen LogP contribution in [0.3, 0.4) is 0 Å². The van der Waals surface area contributed by atoms with Crippen LogP contribution in [-0.4, -0.2) is 23.2 Å². The fourth-order valence-electron chi connectivity index (χ4n) is 1.09. The van der Waals surface area contributed by atoms with E-state index in [2.05, 4.69) is 22.1 Å². The number of aromatic nitrogens is 1. The van der Waals surface area contributed by atoms with Crippen LogP contribution in [0.5, 0.6) is 0 Å². The van der Waals surface area contributed by atoms with Crippen molar-refractivity contribution in [3.63, 3.8) is 0 Å². The molecule has 1 aromatic rings. The van der Waals surface area contributed by atoms with Crippen LogP contribution in [0.1, 0.15) is 26.3 Å². The lowest BCUT2D eigenvalue weighted by atomic mass is 10.2. The van der Waals surface area contributed by atoms with Crippen molar-refractivity contribution < 1.29 is 9.53 Å². The largest absolute Gasteiger partial charge is 0.444 e. The standard InChI is InChI=1S/C13H14Cl2N2O2/c1-13(2,3)19-12(18)17-7-4-5-9-10(14)6-8-16-11(9)15/h6,8H,7H2,1-3H3,(H,17,18). The number of hydrogen-bond donors (Lipinski definition) is 1. The molecule has 0 saturated heterocycles. The number of amides is 1. The fourth-order valence-corrected chi connectivity index (χ4v) is 1.54. The third-order valence-corrected chi connectivity index (χ3v) is 2.39. The molecule has 0 bridgehead atoms. The van der Waals surface area contributed by atoms with E-state index < -0.39 is 11.7 Å². The van der Waals surface area contributed by atoms with Gasteiger partial charge in [0.05, 0.1) is 17.1 Å². The van der Waals surface area contributed by atoms with Gasteiger partial charge in [0.2, 0.25) is 0 Å². The Morgan fingerprint density at radius 1 is 1.47 bits per heavy atom. The molecule has 1 heterocycles. The van der Waals surface area contributed by atoms with Gasteiger partial charge in [0.25, 0.3) is 0 Å². The summed E-state index contributed by atoms with van der Waals surface area (Å²) in [6.45, 7) is 5.49. The van der Waals surface area contributed by atoms with E-state index >= 15 is 0 Å². The zero-order valence-corrected chi connectivity index (χ0v) is 12.4. The number of carbonyl (C=O) groups is 1. The van der Waals surface area contributed by atoms with Gasteiger partial charge in [-0.25, -0.2) is 9.78 Å². The average molecular weight is 301 g/mol. The number of rotatable bonds is 1. The summed E-state index contributed by atoms with van der Waals surface area (Å²) in [5.74, 6) is 5.48. The van der Waals surface area contributed by atoms with Gasteiger partial charge in [-0.1, -0.05) is 35.0 Å². The van der Waals surface area contributed by atoms with Gasteiger partial charge >= 0.3 is 6.09 Å². The maximum atomic E-state index is 11.3. The second-order valence-corrected chi connectivity index (χ2v) is 5.38. The van der Waals surface area contributed by atoms with Crippen LogP contribution in [0.4, 0.5) is 4.79 Å². The summed E-state index contributed by atoms with van der Waals surface area (Å²) in [5.41, 5.74) is -0.0927. The van der Waals surface area contributed by atoms with Crippen molar-refractivity contribution in [2.24, 2.45) is 0 Å². The molecule has 0 unspecified atom stereocenters. The predicted octanol–water partition coefficient (Wildman–Crippen LogP) is 3.26. The lowest BCUT2D eigenvalue weighted by molar-refractivity contribution is 0.0535. The monoisotopic (exact) mass is 300 g/mol. The zero-order chi connectivity index (χ0) is 14.5. The smallest absolute Gasteiger partial charge is 0.408 e. The molecular formula is C13H14Cl2N2O2. The van der Waals surface area contributed by atoms with Crippen LogP contribution in [0.25, 0.3) is 0 Å². The van der Waals surface area contributed by atoms with Crippen LogP contribution >= 0.6 is 23.2 Å². The number of carbonyl (C=O) groups excluding carboxylic acids is 1. The SMILES string of the molecule is CC(C)(C)OC(=O)NCC#Cc1c(Cl)ccnc1Cl. The van der Waals surface area contributed by atoms with Crippen molar-refractivity contribution >= 4 is 29.3 Å². The Labute approximate surface area is 122 Å². The van der Waals surface area contributed by atoms with Gasteiger partial charge < -0.3 is 10.1 Å². The number of halogens is 2. The Balaban J connectivity index is 2.55. The van der Waals surface area contributed by atoms with Crippen LogP contribution in [-0.2, 0) is 4.74 Å². The maximum absolute atomic E-state index is 11.3. The minimum atomic E-state index is -0.534. The highest BCUT2D eigenvalue weighted by atomic mass is 35.5. The van der Waals surface area contributed by atoms with E-state index in [0.29, 0.717) is 10.6 Å². The highest BCUT2D eigenvalue weighted by Gasteiger charge is 2.15. The summed E-state index contributed by atoms with van der Waals surface area (Å²) in [5, 5.41) is 3.16. The number of pyridine rings is 1. The van der Waals surface area contributed by atoms with Crippen molar-refractivity contribution in [3.8, 4) is 11.8 Å². The van der Waals surface area contributed by atoms with Crippen LogP contribution < -0.4 is 5.32 Å². The highest BCUT2D eigenvalue weighted by Crippen LogP contribution is 2.20. The van der Waals surface area contributed by atoms with Gasteiger partial charge in [-0.2, -0.15) is 0 Å². The van der Waals surface area contributed by atoms with Crippen LogP contribution in [0.2, 0.25) is 10.2 Å². The number of alkyl carbamates (subject to hydrolysis) is 1. The second-order valence-electron chi connectivity index (χ2n) is 4.62. The van der Waals surface area contributed by atoms with E-state index in [1.165, 1.54) is 6.20 Å². The first-order chi connectivity index (χ1) is 8.79. The van der Waals surface area contributed by atoms with Crippen molar-refractivity contribution in [1.29, 1.82) is 0 Å². The number of ether oxygens (including phenoxy) is 1. The molecule has 0 aliphatic heterocycles. The van der Waals surface area contributed by atoms with Crippen LogP contribution in [0, 0.1) is 11.8 Å². The molecule has 0 fully saturated rings. The van der Waals surface area contributed by atoms with Gasteiger partial charge in [0, 0.05) is 6.20 Å². The molecule has 6 heteroatoms. The van der Waals surface area contributed by atoms with Crippen molar-refractivity contribution in [1.82, 2.24) is 10.3 Å². The minimum Gasteiger partial charge on any atom is -0.444 e. The third kappa shape index (κ3) is 5.82. The average Bonchev–Trinajstić information content (AvgIpc) is 2.25. The second kappa shape index (κ2) is 6.65. The summed E-state index contributed by atoms with van der Waals surface area (Å²) in [6, 6.07) is 1.60. The molecular weight excluding hydrogens is 287 g/mol. The summed E-state index contributed by atoms with van der Waals surface area (Å²) >= 11 is 11.8. The Kier molecular flexibility index (Phi) is 5.46. The Hall–Kier alpha value is -1.44. The first-order valence-electron chi connectivity index (χ1n) is 5.55. The predicted molar refractivity (Wildman–Crippen MR) is 75.4 cm³/mol. The molecule has 0 atom stereocenters. The van der Waals surface area contributed by atoms with E-state index in [9.17, 15) is 4.79 Å². The van der Waals surface area contributed by atoms with E-state index in [1.807, 2.05) is 0 Å². The third-order valence-electron chi connectivity index (χ3n) is 1.79. The van der Waals surface area contributed by atoms with E-state index in [1.54, 1.807) is 26.8 Å². The molecule has 0 saturated carbocycles.